The van der Waals surface area contributed by atoms with Gasteiger partial charge >= 0.3 is 0 Å². The number of ether oxygens (including phenoxy) is 1. The normalized spacial score (nSPS) is 12.3. The Morgan fingerprint density at radius 1 is 1.05 bits per heavy atom. The van der Waals surface area contributed by atoms with Crippen LogP contribution in [0.2, 0.25) is 0 Å². The fourth-order valence-corrected chi connectivity index (χ4v) is 2.35. The van der Waals surface area contributed by atoms with Crippen molar-refractivity contribution in [3.05, 3.63) is 58.4 Å². The van der Waals surface area contributed by atoms with Crippen LogP contribution in [0.1, 0.15) is 33.9 Å². The first-order valence-electron chi connectivity index (χ1n) is 6.27. The summed E-state index contributed by atoms with van der Waals surface area (Å²) in [5.41, 5.74) is 4.75. The highest BCUT2D eigenvalue weighted by Gasteiger charge is 2.18. The SMILES string of the molecule is COc1cc(C)cc(C)c1C(O)c1cncc(C)c1. The lowest BCUT2D eigenvalue weighted by atomic mass is 9.95. The molecule has 0 spiro atoms. The molecule has 0 fully saturated rings. The van der Waals surface area contributed by atoms with Crippen molar-refractivity contribution in [2.24, 2.45) is 0 Å². The molecule has 0 saturated heterocycles. The van der Waals surface area contributed by atoms with Gasteiger partial charge in [0.2, 0.25) is 0 Å². The van der Waals surface area contributed by atoms with E-state index in [1.54, 1.807) is 19.5 Å². The predicted octanol–water partition coefficient (Wildman–Crippen LogP) is 3.10. The number of aryl methyl sites for hydroxylation is 3. The lowest BCUT2D eigenvalue weighted by Gasteiger charge is -2.18. The first-order chi connectivity index (χ1) is 9.02. The van der Waals surface area contributed by atoms with Gasteiger partial charge in [0.25, 0.3) is 0 Å². The Bertz CT molecular complexity index is 593. The zero-order chi connectivity index (χ0) is 14.0. The Morgan fingerprint density at radius 3 is 2.42 bits per heavy atom. The number of methoxy groups -OCH3 is 1. The third-order valence-electron chi connectivity index (χ3n) is 3.20. The maximum atomic E-state index is 10.6. The van der Waals surface area contributed by atoms with Crippen molar-refractivity contribution in [2.75, 3.05) is 7.11 Å². The smallest absolute Gasteiger partial charge is 0.125 e. The van der Waals surface area contributed by atoms with Crippen LogP contribution in [0.3, 0.4) is 0 Å². The molecule has 19 heavy (non-hydrogen) atoms. The molecule has 1 unspecified atom stereocenters. The highest BCUT2D eigenvalue weighted by molar-refractivity contribution is 5.47. The Morgan fingerprint density at radius 2 is 1.79 bits per heavy atom. The molecular formula is C16H19NO2. The van der Waals surface area contributed by atoms with E-state index in [0.29, 0.717) is 5.75 Å². The van der Waals surface area contributed by atoms with Crippen LogP contribution in [0.25, 0.3) is 0 Å². The number of aliphatic hydroxyl groups is 1. The van der Waals surface area contributed by atoms with Gasteiger partial charge in [-0.3, -0.25) is 4.98 Å². The van der Waals surface area contributed by atoms with Crippen LogP contribution in [0.4, 0.5) is 0 Å². The molecule has 0 aliphatic carbocycles. The first kappa shape index (κ1) is 13.6. The largest absolute Gasteiger partial charge is 0.496 e. The first-order valence-corrected chi connectivity index (χ1v) is 6.27. The Balaban J connectivity index is 2.52. The molecule has 1 N–H and O–H groups in total. The molecule has 0 bridgehead atoms. The highest BCUT2D eigenvalue weighted by atomic mass is 16.5. The van der Waals surface area contributed by atoms with Crippen LogP contribution in [0.15, 0.2) is 30.6 Å². The number of aromatic nitrogens is 1. The van der Waals surface area contributed by atoms with E-state index in [1.807, 2.05) is 39.0 Å². The van der Waals surface area contributed by atoms with Gasteiger partial charge in [-0.05, 0) is 43.5 Å². The van der Waals surface area contributed by atoms with Crippen molar-refractivity contribution in [2.45, 2.75) is 26.9 Å². The van der Waals surface area contributed by atoms with E-state index in [-0.39, 0.29) is 0 Å². The lowest BCUT2D eigenvalue weighted by molar-refractivity contribution is 0.213. The van der Waals surface area contributed by atoms with Crippen LogP contribution in [-0.2, 0) is 0 Å². The molecule has 1 heterocycles. The maximum absolute atomic E-state index is 10.6. The minimum Gasteiger partial charge on any atom is -0.496 e. The molecule has 2 aromatic rings. The summed E-state index contributed by atoms with van der Waals surface area (Å²) in [6.45, 7) is 5.96. The van der Waals surface area contributed by atoms with E-state index in [2.05, 4.69) is 4.98 Å². The summed E-state index contributed by atoms with van der Waals surface area (Å²) in [5.74, 6) is 0.714. The standard InChI is InChI=1S/C16H19NO2/c1-10-5-12(3)15(14(7-10)19-4)16(18)13-6-11(2)8-17-9-13/h5-9,16,18H,1-4H3. The molecule has 3 heteroatoms. The van der Waals surface area contributed by atoms with Gasteiger partial charge in [-0.15, -0.1) is 0 Å². The van der Waals surface area contributed by atoms with Gasteiger partial charge in [-0.25, -0.2) is 0 Å². The second-order valence-corrected chi connectivity index (χ2v) is 4.90. The molecule has 0 saturated carbocycles. The zero-order valence-electron chi connectivity index (χ0n) is 11.8. The van der Waals surface area contributed by atoms with Crippen molar-refractivity contribution in [3.63, 3.8) is 0 Å². The second-order valence-electron chi connectivity index (χ2n) is 4.90. The van der Waals surface area contributed by atoms with Crippen LogP contribution < -0.4 is 4.74 Å². The molecule has 100 valence electrons. The summed E-state index contributed by atoms with van der Waals surface area (Å²) in [4.78, 5) is 4.13. The molecule has 1 aromatic carbocycles. The molecule has 0 radical (unpaired) electrons. The fourth-order valence-electron chi connectivity index (χ4n) is 2.35. The molecule has 1 atom stereocenters. The fraction of sp³-hybridized carbons (Fsp3) is 0.312. The van der Waals surface area contributed by atoms with Crippen LogP contribution in [0.5, 0.6) is 5.75 Å². The summed E-state index contributed by atoms with van der Waals surface area (Å²) < 4.78 is 5.40. The zero-order valence-corrected chi connectivity index (χ0v) is 11.8. The number of nitrogens with zero attached hydrogens (tertiary/aromatic N) is 1. The van der Waals surface area contributed by atoms with E-state index in [1.165, 1.54) is 0 Å². The monoisotopic (exact) mass is 257 g/mol. The van der Waals surface area contributed by atoms with Gasteiger partial charge in [0.15, 0.2) is 0 Å². The number of hydrogen-bond acceptors (Lipinski definition) is 3. The highest BCUT2D eigenvalue weighted by Crippen LogP contribution is 2.33. The van der Waals surface area contributed by atoms with Crippen LogP contribution in [-0.4, -0.2) is 17.2 Å². The van der Waals surface area contributed by atoms with Gasteiger partial charge < -0.3 is 9.84 Å². The topological polar surface area (TPSA) is 42.4 Å². The van der Waals surface area contributed by atoms with E-state index >= 15 is 0 Å². The average Bonchev–Trinajstić information content (AvgIpc) is 2.37. The molecule has 0 amide bonds. The minimum absolute atomic E-state index is 0.714. The lowest BCUT2D eigenvalue weighted by Crippen LogP contribution is -2.06. The number of benzene rings is 1. The molecule has 0 aliphatic heterocycles. The second kappa shape index (κ2) is 5.41. The quantitative estimate of drug-likeness (QED) is 0.918. The van der Waals surface area contributed by atoms with E-state index < -0.39 is 6.10 Å². The van der Waals surface area contributed by atoms with E-state index in [9.17, 15) is 5.11 Å². The van der Waals surface area contributed by atoms with Crippen molar-refractivity contribution >= 4 is 0 Å². The van der Waals surface area contributed by atoms with Crippen LogP contribution >= 0.6 is 0 Å². The summed E-state index contributed by atoms with van der Waals surface area (Å²) in [6.07, 6.45) is 2.74. The van der Waals surface area contributed by atoms with Gasteiger partial charge in [-0.1, -0.05) is 12.1 Å². The third kappa shape index (κ3) is 2.76. The average molecular weight is 257 g/mol. The number of pyridine rings is 1. The van der Waals surface area contributed by atoms with Gasteiger partial charge in [0, 0.05) is 23.5 Å². The van der Waals surface area contributed by atoms with E-state index in [4.69, 9.17) is 4.74 Å². The van der Waals surface area contributed by atoms with Crippen molar-refractivity contribution in [1.29, 1.82) is 0 Å². The predicted molar refractivity (Wildman–Crippen MR) is 75.5 cm³/mol. The van der Waals surface area contributed by atoms with Crippen molar-refractivity contribution < 1.29 is 9.84 Å². The Hall–Kier alpha value is -1.87. The molecule has 2 rings (SSSR count). The van der Waals surface area contributed by atoms with Gasteiger partial charge in [-0.2, -0.15) is 0 Å². The summed E-state index contributed by atoms with van der Waals surface area (Å²) in [5, 5.41) is 10.6. The van der Waals surface area contributed by atoms with Gasteiger partial charge in [0.1, 0.15) is 11.9 Å². The third-order valence-corrected chi connectivity index (χ3v) is 3.20. The molecule has 1 aromatic heterocycles. The molecule has 3 nitrogen and oxygen atoms in total. The van der Waals surface area contributed by atoms with Crippen molar-refractivity contribution in [1.82, 2.24) is 4.98 Å². The summed E-state index contributed by atoms with van der Waals surface area (Å²) in [6, 6.07) is 5.93. The Labute approximate surface area is 113 Å². The van der Waals surface area contributed by atoms with Crippen molar-refractivity contribution in [3.8, 4) is 5.75 Å². The van der Waals surface area contributed by atoms with Crippen LogP contribution in [0, 0.1) is 20.8 Å². The van der Waals surface area contributed by atoms with E-state index in [0.717, 1.165) is 27.8 Å². The number of rotatable bonds is 3. The maximum Gasteiger partial charge on any atom is 0.125 e. The molecule has 0 aliphatic rings. The summed E-state index contributed by atoms with van der Waals surface area (Å²) in [7, 11) is 1.62. The summed E-state index contributed by atoms with van der Waals surface area (Å²) >= 11 is 0. The number of hydrogen-bond donors (Lipinski definition) is 1. The molecular weight excluding hydrogens is 238 g/mol. The Kier molecular flexibility index (Phi) is 3.86. The minimum atomic E-state index is -0.719. The van der Waals surface area contributed by atoms with Gasteiger partial charge in [0.05, 0.1) is 7.11 Å². The number of aliphatic hydroxyl groups excluding tert-OH is 1.